The number of hydrogen-bond donors (Lipinski definition) is 2. The third-order valence-electron chi connectivity index (χ3n) is 2.77. The molecule has 0 radical (unpaired) electrons. The molecule has 0 aliphatic heterocycles. The first-order chi connectivity index (χ1) is 10.8. The minimum Gasteiger partial charge on any atom is -0.280 e. The lowest BCUT2D eigenvalue weighted by molar-refractivity contribution is 0.0537. The molecule has 9 heteroatoms. The Morgan fingerprint density at radius 2 is 1.74 bits per heavy atom. The third-order valence-corrected chi connectivity index (χ3v) is 4.89. The van der Waals surface area contributed by atoms with E-state index in [4.69, 9.17) is 23.2 Å². The Balaban J connectivity index is 2.36. The second-order valence-corrected chi connectivity index (χ2v) is 6.89. The normalized spacial score (nSPS) is 11.1. The smallest absolute Gasteiger partial charge is 0.274 e. The zero-order chi connectivity index (χ0) is 17.0. The number of carbonyl (C=O) groups is 1. The Bertz CT molecular complexity index is 823. The number of carbonyl (C=O) groups excluding carboxylic acids is 1. The van der Waals surface area contributed by atoms with Crippen LogP contribution in [0.25, 0.3) is 0 Å². The van der Waals surface area contributed by atoms with Gasteiger partial charge in [0, 0.05) is 16.3 Å². The molecule has 2 N–H and O–H groups in total. The molecule has 0 saturated carbocycles. The van der Waals surface area contributed by atoms with Gasteiger partial charge >= 0.3 is 0 Å². The van der Waals surface area contributed by atoms with Crippen LogP contribution in [-0.4, -0.2) is 21.4 Å². The van der Waals surface area contributed by atoms with Crippen LogP contribution < -0.4 is 10.2 Å². The van der Waals surface area contributed by atoms with Gasteiger partial charge in [0.2, 0.25) is 0 Å². The van der Waals surface area contributed by atoms with E-state index in [-0.39, 0.29) is 15.5 Å². The molecule has 0 aromatic heterocycles. The first kappa shape index (κ1) is 17.6. The summed E-state index contributed by atoms with van der Waals surface area (Å²) in [5.41, 5.74) is 2.51. The second-order valence-electron chi connectivity index (χ2n) is 4.39. The van der Waals surface area contributed by atoms with Gasteiger partial charge in [-0.05, 0) is 42.5 Å². The van der Waals surface area contributed by atoms with E-state index in [1.54, 1.807) is 12.1 Å². The van der Waals surface area contributed by atoms with E-state index in [9.17, 15) is 13.2 Å². The highest BCUT2D eigenvalue weighted by molar-refractivity contribution is 7.92. The summed E-state index contributed by atoms with van der Waals surface area (Å²) in [6.07, 6.45) is 0. The fraction of sp³-hybridized carbons (Fsp3) is 0.0714. The van der Waals surface area contributed by atoms with Crippen molar-refractivity contribution in [2.45, 2.75) is 4.90 Å². The average molecular weight is 375 g/mol. The van der Waals surface area contributed by atoms with Crippen molar-refractivity contribution in [3.05, 3.63) is 58.1 Å². The van der Waals surface area contributed by atoms with Crippen LogP contribution >= 0.6 is 23.2 Å². The highest BCUT2D eigenvalue weighted by Gasteiger charge is 2.20. The van der Waals surface area contributed by atoms with Crippen molar-refractivity contribution >= 4 is 44.8 Å². The molecular weight excluding hydrogens is 363 g/mol. The lowest BCUT2D eigenvalue weighted by atomic mass is 10.2. The van der Waals surface area contributed by atoms with Crippen molar-refractivity contribution in [2.24, 2.45) is 0 Å². The van der Waals surface area contributed by atoms with E-state index in [2.05, 4.69) is 15.0 Å². The molecule has 0 aliphatic carbocycles. The lowest BCUT2D eigenvalue weighted by Gasteiger charge is -2.11. The molecule has 6 nitrogen and oxygen atoms in total. The van der Waals surface area contributed by atoms with E-state index < -0.39 is 15.9 Å². The highest BCUT2D eigenvalue weighted by atomic mass is 35.5. The quantitative estimate of drug-likeness (QED) is 0.787. The van der Waals surface area contributed by atoms with Crippen LogP contribution in [0.3, 0.4) is 0 Å². The zero-order valence-electron chi connectivity index (χ0n) is 11.8. The number of sulfonamides is 1. The van der Waals surface area contributed by atoms with Crippen molar-refractivity contribution < 1.29 is 18.0 Å². The Morgan fingerprint density at radius 1 is 1.09 bits per heavy atom. The fourth-order valence-electron chi connectivity index (χ4n) is 1.73. The van der Waals surface area contributed by atoms with Crippen molar-refractivity contribution in [1.29, 1.82) is 0 Å². The van der Waals surface area contributed by atoms with Gasteiger partial charge < -0.3 is 0 Å². The molecule has 1 amide bonds. The number of halogens is 2. The SMILES string of the molecule is CONC(=O)c1ccc(Cl)c(S(=O)(=O)Nc2ccc(Cl)cc2)c1. The van der Waals surface area contributed by atoms with Crippen LogP contribution in [-0.2, 0) is 14.9 Å². The van der Waals surface area contributed by atoms with Crippen LogP contribution in [0.4, 0.5) is 5.69 Å². The lowest BCUT2D eigenvalue weighted by Crippen LogP contribution is -2.22. The topological polar surface area (TPSA) is 84.5 Å². The molecule has 23 heavy (non-hydrogen) atoms. The molecule has 0 unspecified atom stereocenters. The summed E-state index contributed by atoms with van der Waals surface area (Å²) in [6, 6.07) is 9.98. The summed E-state index contributed by atoms with van der Waals surface area (Å²) >= 11 is 11.7. The Hall–Kier alpha value is -1.80. The number of anilines is 1. The van der Waals surface area contributed by atoms with Gasteiger partial charge in [-0.25, -0.2) is 13.9 Å². The maximum atomic E-state index is 12.4. The molecule has 2 aromatic rings. The van der Waals surface area contributed by atoms with E-state index in [0.29, 0.717) is 10.7 Å². The summed E-state index contributed by atoms with van der Waals surface area (Å²) in [5.74, 6) is -0.591. The van der Waals surface area contributed by atoms with Crippen LogP contribution in [0.1, 0.15) is 10.4 Å². The van der Waals surface area contributed by atoms with Crippen LogP contribution in [0.2, 0.25) is 10.0 Å². The van der Waals surface area contributed by atoms with E-state index in [0.717, 1.165) is 6.07 Å². The summed E-state index contributed by atoms with van der Waals surface area (Å²) < 4.78 is 27.3. The van der Waals surface area contributed by atoms with E-state index in [1.807, 2.05) is 0 Å². The Kier molecular flexibility index (Phi) is 5.48. The summed E-state index contributed by atoms with van der Waals surface area (Å²) in [5, 5.41) is 0.463. The molecule has 2 rings (SSSR count). The largest absolute Gasteiger partial charge is 0.280 e. The highest BCUT2D eigenvalue weighted by Crippen LogP contribution is 2.25. The molecule has 0 aliphatic rings. The standard InChI is InChI=1S/C14H12Cl2N2O4S/c1-22-17-14(19)9-2-7-12(16)13(8-9)23(20,21)18-11-5-3-10(15)4-6-11/h2-8,18H,1H3,(H,17,19). The minimum atomic E-state index is -3.97. The molecule has 0 heterocycles. The van der Waals surface area contributed by atoms with Gasteiger partial charge in [0.1, 0.15) is 4.90 Å². The third kappa shape index (κ3) is 4.35. The number of benzene rings is 2. The van der Waals surface area contributed by atoms with Crippen molar-refractivity contribution in [3.8, 4) is 0 Å². The predicted octanol–water partition coefficient (Wildman–Crippen LogP) is 3.09. The second kappa shape index (κ2) is 7.18. The molecule has 0 saturated heterocycles. The molecule has 2 aromatic carbocycles. The van der Waals surface area contributed by atoms with Crippen molar-refractivity contribution in [3.63, 3.8) is 0 Å². The summed E-state index contributed by atoms with van der Waals surface area (Å²) in [6.45, 7) is 0. The number of hydroxylamine groups is 1. The van der Waals surface area contributed by atoms with Gasteiger partial charge in [-0.15, -0.1) is 0 Å². The van der Waals surface area contributed by atoms with Gasteiger partial charge in [0.05, 0.1) is 12.1 Å². The Morgan fingerprint density at radius 3 is 2.35 bits per heavy atom. The average Bonchev–Trinajstić information content (AvgIpc) is 2.50. The molecule has 0 bridgehead atoms. The van der Waals surface area contributed by atoms with Crippen molar-refractivity contribution in [1.82, 2.24) is 5.48 Å². The summed E-state index contributed by atoms with van der Waals surface area (Å²) in [7, 11) is -2.70. The first-order valence-corrected chi connectivity index (χ1v) is 8.48. The number of amides is 1. The molecule has 0 fully saturated rings. The van der Waals surface area contributed by atoms with Gasteiger partial charge in [0.25, 0.3) is 15.9 Å². The first-order valence-electron chi connectivity index (χ1n) is 6.25. The van der Waals surface area contributed by atoms with Gasteiger partial charge in [0.15, 0.2) is 0 Å². The monoisotopic (exact) mass is 374 g/mol. The number of hydrogen-bond acceptors (Lipinski definition) is 4. The summed E-state index contributed by atoms with van der Waals surface area (Å²) in [4.78, 5) is 16.0. The predicted molar refractivity (Wildman–Crippen MR) is 88.2 cm³/mol. The van der Waals surface area contributed by atoms with Crippen molar-refractivity contribution in [2.75, 3.05) is 11.8 Å². The number of nitrogens with one attached hydrogen (secondary N) is 2. The molecule has 0 spiro atoms. The van der Waals surface area contributed by atoms with Gasteiger partial charge in [-0.3, -0.25) is 14.4 Å². The number of rotatable bonds is 5. The van der Waals surface area contributed by atoms with Crippen LogP contribution in [0, 0.1) is 0 Å². The molecule has 122 valence electrons. The maximum Gasteiger partial charge on any atom is 0.274 e. The van der Waals surface area contributed by atoms with Crippen LogP contribution in [0.5, 0.6) is 0 Å². The maximum absolute atomic E-state index is 12.4. The van der Waals surface area contributed by atoms with Gasteiger partial charge in [-0.2, -0.15) is 0 Å². The molecule has 0 atom stereocenters. The van der Waals surface area contributed by atoms with Crippen LogP contribution in [0.15, 0.2) is 47.4 Å². The molecular formula is C14H12Cl2N2O4S. The fourth-order valence-corrected chi connectivity index (χ4v) is 3.44. The van der Waals surface area contributed by atoms with Gasteiger partial charge in [-0.1, -0.05) is 23.2 Å². The Labute approximate surface area is 143 Å². The van der Waals surface area contributed by atoms with E-state index >= 15 is 0 Å². The minimum absolute atomic E-state index is 0.0135. The van der Waals surface area contributed by atoms with E-state index in [1.165, 1.54) is 31.4 Å². The zero-order valence-corrected chi connectivity index (χ0v) is 14.2.